The minimum Gasteiger partial charge on any atom is -0.483 e. The lowest BCUT2D eigenvalue weighted by Gasteiger charge is -2.20. The predicted octanol–water partition coefficient (Wildman–Crippen LogP) is 4.47. The number of hydrogen-bond acceptors (Lipinski definition) is 6. The summed E-state index contributed by atoms with van der Waals surface area (Å²) in [6, 6.07) is 12.6. The highest BCUT2D eigenvalue weighted by atomic mass is 19.1. The second kappa shape index (κ2) is 9.21. The Balaban J connectivity index is 1.88. The van der Waals surface area contributed by atoms with E-state index >= 15 is 4.39 Å². The van der Waals surface area contributed by atoms with Gasteiger partial charge in [-0.15, -0.1) is 0 Å². The molecule has 0 unspecified atom stereocenters. The SMILES string of the molecule is CC(C)(C)OC(=O)n1c(Cn2cccc(N)c2=O)nc2c(OCc3ccccc3)c(F)cc(F)c21. The van der Waals surface area contributed by atoms with Crippen molar-refractivity contribution in [2.75, 3.05) is 5.73 Å². The van der Waals surface area contributed by atoms with Gasteiger partial charge in [0.1, 0.15) is 29.1 Å². The van der Waals surface area contributed by atoms with Crippen LogP contribution in [-0.2, 0) is 17.9 Å². The summed E-state index contributed by atoms with van der Waals surface area (Å²) < 4.78 is 43.1. The predicted molar refractivity (Wildman–Crippen MR) is 126 cm³/mol. The molecule has 0 radical (unpaired) electrons. The molecule has 2 aromatic carbocycles. The third-order valence-electron chi connectivity index (χ3n) is 5.02. The van der Waals surface area contributed by atoms with Crippen molar-refractivity contribution in [1.29, 1.82) is 0 Å². The van der Waals surface area contributed by atoms with E-state index in [1.807, 2.05) is 6.07 Å². The maximum Gasteiger partial charge on any atom is 0.420 e. The van der Waals surface area contributed by atoms with Gasteiger partial charge in [-0.25, -0.2) is 23.1 Å². The van der Waals surface area contributed by atoms with Crippen LogP contribution in [0.5, 0.6) is 5.75 Å². The average Bonchev–Trinajstić information content (AvgIpc) is 3.16. The average molecular weight is 482 g/mol. The van der Waals surface area contributed by atoms with Crippen molar-refractivity contribution < 1.29 is 23.0 Å². The number of imidazole rings is 1. The Morgan fingerprint density at radius 2 is 1.80 bits per heavy atom. The molecule has 0 aliphatic carbocycles. The van der Waals surface area contributed by atoms with Crippen LogP contribution in [-0.4, -0.2) is 25.8 Å². The van der Waals surface area contributed by atoms with Gasteiger partial charge in [0.05, 0.1) is 12.2 Å². The van der Waals surface area contributed by atoms with Crippen LogP contribution < -0.4 is 16.0 Å². The third kappa shape index (κ3) is 5.01. The summed E-state index contributed by atoms with van der Waals surface area (Å²) in [7, 11) is 0. The number of carbonyl (C=O) groups excluding carboxylic acids is 1. The van der Waals surface area contributed by atoms with E-state index in [0.717, 1.165) is 10.1 Å². The van der Waals surface area contributed by atoms with Gasteiger partial charge in [0, 0.05) is 12.3 Å². The molecule has 4 aromatic rings. The molecule has 0 aliphatic heterocycles. The Bertz CT molecular complexity index is 1460. The molecule has 2 aromatic heterocycles. The van der Waals surface area contributed by atoms with Gasteiger partial charge < -0.3 is 19.8 Å². The van der Waals surface area contributed by atoms with E-state index in [1.54, 1.807) is 51.1 Å². The summed E-state index contributed by atoms with van der Waals surface area (Å²) in [5, 5.41) is 0. The number of fused-ring (bicyclic) bond motifs is 1. The van der Waals surface area contributed by atoms with E-state index < -0.39 is 28.9 Å². The number of anilines is 1. The highest BCUT2D eigenvalue weighted by Crippen LogP contribution is 2.33. The van der Waals surface area contributed by atoms with Gasteiger partial charge in [0.2, 0.25) is 0 Å². The molecule has 8 nitrogen and oxygen atoms in total. The van der Waals surface area contributed by atoms with Gasteiger partial charge in [0.15, 0.2) is 17.4 Å². The minimum absolute atomic E-state index is 0.0121. The molecule has 0 atom stereocenters. The molecule has 0 aliphatic rings. The normalized spacial score (nSPS) is 11.6. The van der Waals surface area contributed by atoms with Crippen molar-refractivity contribution in [3.63, 3.8) is 0 Å². The molecule has 0 saturated carbocycles. The zero-order chi connectivity index (χ0) is 25.3. The second-order valence-corrected chi connectivity index (χ2v) is 8.88. The first-order valence-electron chi connectivity index (χ1n) is 10.8. The number of aromatic nitrogens is 3. The lowest BCUT2D eigenvalue weighted by molar-refractivity contribution is 0.0537. The molecule has 2 heterocycles. The van der Waals surface area contributed by atoms with E-state index in [1.165, 1.54) is 16.8 Å². The number of hydrogen-bond donors (Lipinski definition) is 1. The quantitative estimate of drug-likeness (QED) is 0.451. The summed E-state index contributed by atoms with van der Waals surface area (Å²) in [6.45, 7) is 4.68. The molecule has 0 fully saturated rings. The molecule has 0 saturated heterocycles. The van der Waals surface area contributed by atoms with Crippen molar-refractivity contribution in [1.82, 2.24) is 14.1 Å². The van der Waals surface area contributed by atoms with E-state index in [-0.39, 0.29) is 41.4 Å². The standard InChI is InChI=1S/C25H24F2N4O4/c1-25(2,3)35-24(33)31-19(13-30-11-7-10-18(28)23(30)32)29-20-21(31)16(26)12-17(27)22(20)34-14-15-8-5-4-6-9-15/h4-12H,13-14,28H2,1-3H3. The van der Waals surface area contributed by atoms with Crippen LogP contribution in [0.15, 0.2) is 59.5 Å². The molecule has 2 N–H and O–H groups in total. The van der Waals surface area contributed by atoms with Crippen LogP contribution in [0.3, 0.4) is 0 Å². The summed E-state index contributed by atoms with van der Waals surface area (Å²) >= 11 is 0. The van der Waals surface area contributed by atoms with Crippen molar-refractivity contribution in [3.05, 3.63) is 88.1 Å². The number of halogens is 2. The fourth-order valence-corrected chi connectivity index (χ4v) is 3.51. The zero-order valence-corrected chi connectivity index (χ0v) is 19.4. The highest BCUT2D eigenvalue weighted by molar-refractivity contribution is 5.91. The van der Waals surface area contributed by atoms with Gasteiger partial charge in [-0.05, 0) is 38.5 Å². The number of nitrogens with two attached hydrogens (primary N) is 1. The highest BCUT2D eigenvalue weighted by Gasteiger charge is 2.28. The van der Waals surface area contributed by atoms with Crippen LogP contribution in [0.4, 0.5) is 19.3 Å². The number of nitrogen functional groups attached to an aromatic ring is 1. The first-order valence-corrected chi connectivity index (χ1v) is 10.8. The molecule has 4 rings (SSSR count). The molecule has 182 valence electrons. The van der Waals surface area contributed by atoms with Crippen LogP contribution in [0.25, 0.3) is 11.0 Å². The molecule has 35 heavy (non-hydrogen) atoms. The topological polar surface area (TPSA) is 101 Å². The Morgan fingerprint density at radius 3 is 2.49 bits per heavy atom. The number of carbonyl (C=O) groups is 1. The van der Waals surface area contributed by atoms with E-state index in [2.05, 4.69) is 4.98 Å². The summed E-state index contributed by atoms with van der Waals surface area (Å²) in [5.74, 6) is -2.40. The summed E-state index contributed by atoms with van der Waals surface area (Å²) in [4.78, 5) is 29.9. The van der Waals surface area contributed by atoms with E-state index in [4.69, 9.17) is 15.2 Å². The Kier molecular flexibility index (Phi) is 6.29. The first-order chi connectivity index (χ1) is 16.5. The fourth-order valence-electron chi connectivity index (χ4n) is 3.51. The summed E-state index contributed by atoms with van der Waals surface area (Å²) in [6.07, 6.45) is 0.507. The maximum absolute atomic E-state index is 15.1. The second-order valence-electron chi connectivity index (χ2n) is 8.88. The fraction of sp³-hybridized carbons (Fsp3) is 0.240. The molecule has 0 bridgehead atoms. The lowest BCUT2D eigenvalue weighted by Crippen LogP contribution is -2.30. The van der Waals surface area contributed by atoms with Crippen LogP contribution >= 0.6 is 0 Å². The van der Waals surface area contributed by atoms with Crippen molar-refractivity contribution in [2.24, 2.45) is 0 Å². The van der Waals surface area contributed by atoms with Gasteiger partial charge in [-0.2, -0.15) is 0 Å². The van der Waals surface area contributed by atoms with Crippen LogP contribution in [0.2, 0.25) is 0 Å². The maximum atomic E-state index is 15.1. The molecule has 0 spiro atoms. The number of nitrogens with zero attached hydrogens (tertiary/aromatic N) is 3. The number of benzene rings is 2. The minimum atomic E-state index is -1.03. The first kappa shape index (κ1) is 23.9. The van der Waals surface area contributed by atoms with E-state index in [9.17, 15) is 14.0 Å². The Morgan fingerprint density at radius 1 is 1.09 bits per heavy atom. The number of rotatable bonds is 5. The molecule has 0 amide bonds. The molecule has 10 heteroatoms. The van der Waals surface area contributed by atoms with Crippen LogP contribution in [0.1, 0.15) is 32.2 Å². The van der Waals surface area contributed by atoms with Gasteiger partial charge >= 0.3 is 6.09 Å². The number of pyridine rings is 1. The van der Waals surface area contributed by atoms with E-state index in [0.29, 0.717) is 6.07 Å². The number of ether oxygens (including phenoxy) is 2. The van der Waals surface area contributed by atoms with Crippen molar-refractivity contribution in [3.8, 4) is 5.75 Å². The van der Waals surface area contributed by atoms with Gasteiger partial charge in [-0.3, -0.25) is 4.79 Å². The summed E-state index contributed by atoms with van der Waals surface area (Å²) in [5.41, 5.74) is 4.47. The molecular formula is C25H24F2N4O4. The smallest absolute Gasteiger partial charge is 0.420 e. The Hall–Kier alpha value is -4.21. The van der Waals surface area contributed by atoms with Gasteiger partial charge in [-0.1, -0.05) is 30.3 Å². The zero-order valence-electron chi connectivity index (χ0n) is 19.4. The van der Waals surface area contributed by atoms with Crippen molar-refractivity contribution in [2.45, 2.75) is 39.5 Å². The van der Waals surface area contributed by atoms with Crippen LogP contribution in [0, 0.1) is 11.6 Å². The third-order valence-corrected chi connectivity index (χ3v) is 5.02. The monoisotopic (exact) mass is 482 g/mol. The lowest BCUT2D eigenvalue weighted by atomic mass is 10.2. The van der Waals surface area contributed by atoms with Gasteiger partial charge in [0.25, 0.3) is 5.56 Å². The Labute approximate surface area is 199 Å². The van der Waals surface area contributed by atoms with Crippen molar-refractivity contribution >= 4 is 22.8 Å². The molecular weight excluding hydrogens is 458 g/mol. The largest absolute Gasteiger partial charge is 0.483 e.